The highest BCUT2D eigenvalue weighted by atomic mass is 19.4. The lowest BCUT2D eigenvalue weighted by Gasteiger charge is -2.15. The van der Waals surface area contributed by atoms with Gasteiger partial charge in [-0.25, -0.2) is 0 Å². The van der Waals surface area contributed by atoms with Crippen molar-refractivity contribution in [3.63, 3.8) is 0 Å². The van der Waals surface area contributed by atoms with Crippen molar-refractivity contribution in [1.29, 1.82) is 0 Å². The van der Waals surface area contributed by atoms with Crippen molar-refractivity contribution >= 4 is 16.6 Å². The van der Waals surface area contributed by atoms with Gasteiger partial charge in [0.25, 0.3) is 0 Å². The molecule has 0 spiro atoms. The first kappa shape index (κ1) is 18.7. The molecule has 4 nitrogen and oxygen atoms in total. The lowest BCUT2D eigenvalue weighted by molar-refractivity contribution is -0.143. The number of para-hydroxylation sites is 1. The fourth-order valence-electron chi connectivity index (χ4n) is 2.81. The van der Waals surface area contributed by atoms with E-state index in [1.54, 1.807) is 12.1 Å². The van der Waals surface area contributed by atoms with Crippen LogP contribution in [0.15, 0.2) is 47.6 Å². The maximum atomic E-state index is 13.0. The molecular weight excluding hydrogens is 378 g/mol. The second-order valence-corrected chi connectivity index (χ2v) is 5.78. The van der Waals surface area contributed by atoms with Crippen molar-refractivity contribution in [2.24, 2.45) is 5.18 Å². The van der Waals surface area contributed by atoms with Gasteiger partial charge in [-0.15, -0.1) is 4.91 Å². The van der Waals surface area contributed by atoms with Crippen LogP contribution >= 0.6 is 0 Å². The van der Waals surface area contributed by atoms with Gasteiger partial charge in [0, 0.05) is 5.39 Å². The molecule has 0 atom stereocenters. The molecule has 2 aromatic carbocycles. The molecule has 0 bridgehead atoms. The van der Waals surface area contributed by atoms with Crippen molar-refractivity contribution in [3.8, 4) is 5.88 Å². The number of nitrogens with zero attached hydrogens (tertiary/aromatic N) is 2. The summed E-state index contributed by atoms with van der Waals surface area (Å²) in [5.74, 6) is -0.642. The lowest BCUT2D eigenvalue weighted by Crippen LogP contribution is -2.12. The molecule has 0 fully saturated rings. The molecule has 0 radical (unpaired) electrons. The number of alkyl halides is 6. The van der Waals surface area contributed by atoms with E-state index in [2.05, 4.69) is 5.18 Å². The summed E-state index contributed by atoms with van der Waals surface area (Å²) in [4.78, 5) is 11.0. The Kier molecular flexibility index (Phi) is 4.37. The van der Waals surface area contributed by atoms with Crippen molar-refractivity contribution < 1.29 is 31.4 Å². The highest BCUT2D eigenvalue weighted by Gasteiger charge is 2.37. The molecule has 3 rings (SSSR count). The average molecular weight is 388 g/mol. The molecule has 0 aliphatic heterocycles. The Labute approximate surface area is 147 Å². The van der Waals surface area contributed by atoms with Gasteiger partial charge in [0.15, 0.2) is 5.69 Å². The molecule has 27 heavy (non-hydrogen) atoms. The summed E-state index contributed by atoms with van der Waals surface area (Å²) < 4.78 is 78.9. The van der Waals surface area contributed by atoms with E-state index in [1.807, 2.05) is 0 Å². The van der Waals surface area contributed by atoms with Crippen LogP contribution in [0, 0.1) is 4.91 Å². The van der Waals surface area contributed by atoms with Crippen LogP contribution < -0.4 is 0 Å². The van der Waals surface area contributed by atoms with Gasteiger partial charge in [-0.05, 0) is 35.0 Å². The van der Waals surface area contributed by atoms with E-state index < -0.39 is 35.9 Å². The summed E-state index contributed by atoms with van der Waals surface area (Å²) in [5.41, 5.74) is -3.36. The molecule has 1 aromatic heterocycles. The van der Waals surface area contributed by atoms with Crippen LogP contribution in [-0.4, -0.2) is 9.67 Å². The molecule has 10 heteroatoms. The summed E-state index contributed by atoms with van der Waals surface area (Å²) in [7, 11) is 0. The molecule has 0 amide bonds. The Morgan fingerprint density at radius 3 is 2.00 bits per heavy atom. The van der Waals surface area contributed by atoms with E-state index in [-0.39, 0.29) is 28.2 Å². The predicted molar refractivity (Wildman–Crippen MR) is 84.6 cm³/mol. The van der Waals surface area contributed by atoms with E-state index in [9.17, 15) is 36.4 Å². The van der Waals surface area contributed by atoms with E-state index in [0.717, 1.165) is 4.57 Å². The first-order valence-electron chi connectivity index (χ1n) is 7.44. The number of halogens is 6. The summed E-state index contributed by atoms with van der Waals surface area (Å²) >= 11 is 0. The van der Waals surface area contributed by atoms with Gasteiger partial charge in [-0.1, -0.05) is 18.2 Å². The second-order valence-electron chi connectivity index (χ2n) is 5.78. The lowest BCUT2D eigenvalue weighted by atomic mass is 10.0. The Morgan fingerprint density at radius 1 is 0.926 bits per heavy atom. The van der Waals surface area contributed by atoms with E-state index in [0.29, 0.717) is 12.1 Å². The van der Waals surface area contributed by atoms with Crippen LogP contribution in [0.1, 0.15) is 16.7 Å². The van der Waals surface area contributed by atoms with Gasteiger partial charge in [-0.2, -0.15) is 26.3 Å². The summed E-state index contributed by atoms with van der Waals surface area (Å²) in [5, 5.41) is 13.1. The summed E-state index contributed by atoms with van der Waals surface area (Å²) in [6.45, 7) is -0.519. The van der Waals surface area contributed by atoms with Crippen LogP contribution in [0.2, 0.25) is 0 Å². The van der Waals surface area contributed by atoms with Gasteiger partial charge in [0.05, 0.1) is 23.2 Å². The highest BCUT2D eigenvalue weighted by molar-refractivity contribution is 5.95. The Morgan fingerprint density at radius 2 is 1.48 bits per heavy atom. The third-order valence-electron chi connectivity index (χ3n) is 4.00. The molecular formula is C17H10F6N2O2. The minimum absolute atomic E-state index is 0.0233. The van der Waals surface area contributed by atoms with E-state index in [4.69, 9.17) is 0 Å². The van der Waals surface area contributed by atoms with Crippen molar-refractivity contribution in [2.75, 3.05) is 0 Å². The maximum absolute atomic E-state index is 13.0. The van der Waals surface area contributed by atoms with Crippen LogP contribution in [0.25, 0.3) is 10.9 Å². The van der Waals surface area contributed by atoms with Crippen molar-refractivity contribution in [2.45, 2.75) is 18.9 Å². The number of aromatic hydroxyl groups is 1. The normalized spacial score (nSPS) is 12.5. The fourth-order valence-corrected chi connectivity index (χ4v) is 2.81. The second kappa shape index (κ2) is 6.29. The van der Waals surface area contributed by atoms with Gasteiger partial charge in [-0.3, -0.25) is 0 Å². The van der Waals surface area contributed by atoms with Crippen molar-refractivity contribution in [1.82, 2.24) is 4.57 Å². The van der Waals surface area contributed by atoms with Gasteiger partial charge >= 0.3 is 12.4 Å². The molecule has 3 aromatic rings. The van der Waals surface area contributed by atoms with E-state index >= 15 is 0 Å². The maximum Gasteiger partial charge on any atom is 0.416 e. The minimum atomic E-state index is -4.98. The molecule has 1 heterocycles. The largest absolute Gasteiger partial charge is 0.493 e. The number of fused-ring (bicyclic) bond motifs is 1. The third kappa shape index (κ3) is 3.46. The number of rotatable bonds is 3. The zero-order valence-corrected chi connectivity index (χ0v) is 13.3. The number of hydrogen-bond donors (Lipinski definition) is 1. The van der Waals surface area contributed by atoms with Gasteiger partial charge in [0.1, 0.15) is 0 Å². The fraction of sp³-hybridized carbons (Fsp3) is 0.176. The van der Waals surface area contributed by atoms with Gasteiger partial charge < -0.3 is 9.67 Å². The molecule has 1 N–H and O–H groups in total. The number of benzene rings is 2. The smallest absolute Gasteiger partial charge is 0.416 e. The third-order valence-corrected chi connectivity index (χ3v) is 4.00. The first-order valence-corrected chi connectivity index (χ1v) is 7.44. The first-order chi connectivity index (χ1) is 12.5. The highest BCUT2D eigenvalue weighted by Crippen LogP contribution is 2.40. The molecule has 0 saturated heterocycles. The van der Waals surface area contributed by atoms with Crippen LogP contribution in [0.3, 0.4) is 0 Å². The van der Waals surface area contributed by atoms with E-state index in [1.165, 1.54) is 12.1 Å². The molecule has 0 aliphatic rings. The molecule has 0 unspecified atom stereocenters. The molecule has 0 saturated carbocycles. The molecule has 0 aliphatic carbocycles. The predicted octanol–water partition coefficient (Wildman–Crippen LogP) is 5.83. The monoisotopic (exact) mass is 388 g/mol. The number of nitroso groups, excluding NO2 is 1. The van der Waals surface area contributed by atoms with Crippen LogP contribution in [0.5, 0.6) is 5.88 Å². The minimum Gasteiger partial charge on any atom is -0.493 e. The quantitative estimate of drug-likeness (QED) is 0.453. The zero-order chi connectivity index (χ0) is 20.0. The SMILES string of the molecule is O=Nc1c(O)n(Cc2cc(C(F)(F)F)cc(C(F)(F)F)c2)c2ccccc12. The van der Waals surface area contributed by atoms with Crippen LogP contribution in [0.4, 0.5) is 32.0 Å². The molecule has 142 valence electrons. The number of aromatic nitrogens is 1. The average Bonchev–Trinajstić information content (AvgIpc) is 2.85. The number of hydrogen-bond acceptors (Lipinski definition) is 3. The Hall–Kier alpha value is -3.04. The van der Waals surface area contributed by atoms with Crippen LogP contribution in [-0.2, 0) is 18.9 Å². The summed E-state index contributed by atoms with van der Waals surface area (Å²) in [6.07, 6.45) is -9.96. The topological polar surface area (TPSA) is 54.6 Å². The summed E-state index contributed by atoms with van der Waals surface area (Å²) in [6, 6.07) is 7.16. The van der Waals surface area contributed by atoms with Crippen molar-refractivity contribution in [3.05, 3.63) is 64.1 Å². The zero-order valence-electron chi connectivity index (χ0n) is 13.3. The standard InChI is InChI=1S/C17H10F6N2O2/c18-16(19,20)10-5-9(6-11(7-10)17(21,22)23)8-25-13-4-2-1-3-12(13)14(24-27)15(25)26/h1-7,26H,8H2. The Bertz CT molecular complexity index is 988. The Balaban J connectivity index is 2.18. The van der Waals surface area contributed by atoms with Gasteiger partial charge in [0.2, 0.25) is 5.88 Å².